The SMILES string of the molecule is COc1ccc(CCC(=O)N[C@@]2(C(F)(F)F)C(=O)N([C@@H]3CCC[C@@H](C)[C@H]3C)C3=C2C(=O)CC(C)(C)C3)cc1. The molecule has 4 atom stereocenters. The van der Waals surface area contributed by atoms with Crippen LogP contribution in [0.5, 0.6) is 5.75 Å². The lowest BCUT2D eigenvalue weighted by atomic mass is 9.72. The fourth-order valence-corrected chi connectivity index (χ4v) is 6.37. The molecule has 1 N–H and O–H groups in total. The average molecular weight is 535 g/mol. The summed E-state index contributed by atoms with van der Waals surface area (Å²) in [6.07, 6.45) is -2.96. The lowest BCUT2D eigenvalue weighted by Gasteiger charge is -2.43. The van der Waals surface area contributed by atoms with Crippen LogP contribution in [0.1, 0.15) is 71.8 Å². The molecule has 2 aliphatic carbocycles. The van der Waals surface area contributed by atoms with Crippen LogP contribution in [0.25, 0.3) is 0 Å². The molecule has 38 heavy (non-hydrogen) atoms. The maximum atomic E-state index is 15.1. The molecule has 1 aliphatic heterocycles. The van der Waals surface area contributed by atoms with Gasteiger partial charge in [0.1, 0.15) is 5.75 Å². The number of ether oxygens (including phenoxy) is 1. The van der Waals surface area contributed by atoms with E-state index in [4.69, 9.17) is 4.74 Å². The first-order valence-corrected chi connectivity index (χ1v) is 13.3. The number of methoxy groups -OCH3 is 1. The number of Topliss-reactive ketones (excluding diaryl/α,β-unsaturated/α-hetero) is 1. The first-order valence-electron chi connectivity index (χ1n) is 13.3. The van der Waals surface area contributed by atoms with E-state index < -0.39 is 46.3 Å². The zero-order valence-corrected chi connectivity index (χ0v) is 22.7. The number of hydrogen-bond acceptors (Lipinski definition) is 4. The van der Waals surface area contributed by atoms with E-state index in [1.807, 2.05) is 27.7 Å². The monoisotopic (exact) mass is 534 g/mol. The molecule has 1 aromatic rings. The van der Waals surface area contributed by atoms with Gasteiger partial charge in [-0.2, -0.15) is 13.2 Å². The minimum absolute atomic E-state index is 0.0450. The van der Waals surface area contributed by atoms with Crippen LogP contribution < -0.4 is 10.1 Å². The summed E-state index contributed by atoms with van der Waals surface area (Å²) < 4.78 is 50.3. The first kappa shape index (κ1) is 28.2. The molecule has 3 aliphatic rings. The number of allylic oxidation sites excluding steroid dienone is 1. The van der Waals surface area contributed by atoms with E-state index in [-0.39, 0.29) is 43.2 Å². The van der Waals surface area contributed by atoms with E-state index in [9.17, 15) is 14.4 Å². The number of halogens is 3. The van der Waals surface area contributed by atoms with Crippen molar-refractivity contribution < 1.29 is 32.3 Å². The van der Waals surface area contributed by atoms with Crippen LogP contribution in [0, 0.1) is 17.3 Å². The van der Waals surface area contributed by atoms with Gasteiger partial charge in [0.25, 0.3) is 5.91 Å². The standard InChI is InChI=1S/C29H37F3N2O4/c1-17-7-6-8-21(18(17)2)34-22-15-27(3,4)16-23(35)25(22)28(26(34)37,29(30,31)32)33-24(36)14-11-19-9-12-20(38-5)13-10-19/h9-10,12-13,17-18,21H,6-8,11,14-16H2,1-5H3,(H,33,36)/t17-,18-,21-,28-/m1/s1. The van der Waals surface area contributed by atoms with Crippen molar-refractivity contribution in [2.75, 3.05) is 7.11 Å². The third kappa shape index (κ3) is 4.84. The second kappa shape index (κ2) is 10.0. The van der Waals surface area contributed by atoms with E-state index >= 15 is 13.2 Å². The van der Waals surface area contributed by atoms with Crippen LogP contribution >= 0.6 is 0 Å². The number of alkyl halides is 3. The van der Waals surface area contributed by atoms with E-state index in [2.05, 4.69) is 5.32 Å². The lowest BCUT2D eigenvalue weighted by molar-refractivity contribution is -0.195. The predicted molar refractivity (Wildman–Crippen MR) is 136 cm³/mol. The smallest absolute Gasteiger partial charge is 0.425 e. The van der Waals surface area contributed by atoms with Crippen molar-refractivity contribution in [1.82, 2.24) is 10.2 Å². The topological polar surface area (TPSA) is 75.7 Å². The maximum absolute atomic E-state index is 15.1. The van der Waals surface area contributed by atoms with Gasteiger partial charge in [0.2, 0.25) is 11.4 Å². The molecule has 0 radical (unpaired) electrons. The Hall–Kier alpha value is -2.84. The lowest BCUT2D eigenvalue weighted by Crippen LogP contribution is -2.67. The fourth-order valence-electron chi connectivity index (χ4n) is 6.37. The number of aryl methyl sites for hydroxylation is 1. The number of carbonyl (C=O) groups is 3. The summed E-state index contributed by atoms with van der Waals surface area (Å²) >= 11 is 0. The third-order valence-electron chi connectivity index (χ3n) is 8.61. The second-order valence-corrected chi connectivity index (χ2v) is 11.9. The second-order valence-electron chi connectivity index (χ2n) is 11.9. The van der Waals surface area contributed by atoms with Gasteiger partial charge in [-0.15, -0.1) is 0 Å². The van der Waals surface area contributed by atoms with Gasteiger partial charge in [-0.25, -0.2) is 0 Å². The Morgan fingerprint density at radius 2 is 1.76 bits per heavy atom. The van der Waals surface area contributed by atoms with Crippen LogP contribution in [0.3, 0.4) is 0 Å². The summed E-state index contributed by atoms with van der Waals surface area (Å²) in [4.78, 5) is 41.7. The van der Waals surface area contributed by atoms with Crippen LogP contribution in [-0.2, 0) is 20.8 Å². The highest BCUT2D eigenvalue weighted by atomic mass is 19.4. The molecular formula is C29H37F3N2O4. The van der Waals surface area contributed by atoms with E-state index in [1.165, 1.54) is 12.0 Å². The fraction of sp³-hybridized carbons (Fsp3) is 0.621. The Labute approximate surface area is 222 Å². The summed E-state index contributed by atoms with van der Waals surface area (Å²) in [6, 6.07) is 6.40. The highest BCUT2D eigenvalue weighted by molar-refractivity contribution is 6.13. The number of nitrogens with one attached hydrogen (secondary N) is 1. The minimum Gasteiger partial charge on any atom is -0.497 e. The molecule has 6 nitrogen and oxygen atoms in total. The molecule has 0 spiro atoms. The first-order chi connectivity index (χ1) is 17.7. The van der Waals surface area contributed by atoms with Crippen molar-refractivity contribution in [2.45, 2.75) is 90.4 Å². The molecule has 0 saturated heterocycles. The predicted octanol–water partition coefficient (Wildman–Crippen LogP) is 5.36. The summed E-state index contributed by atoms with van der Waals surface area (Å²) in [5, 5.41) is 2.07. The number of hydrogen-bond donors (Lipinski definition) is 1. The van der Waals surface area contributed by atoms with Gasteiger partial charge in [-0.3, -0.25) is 14.4 Å². The molecule has 9 heteroatoms. The van der Waals surface area contributed by atoms with E-state index in [0.717, 1.165) is 18.4 Å². The highest BCUT2D eigenvalue weighted by Crippen LogP contribution is 2.53. The summed E-state index contributed by atoms with van der Waals surface area (Å²) in [5.74, 6) is -2.10. The zero-order chi connectivity index (χ0) is 28.0. The average Bonchev–Trinajstić information content (AvgIpc) is 3.07. The van der Waals surface area contributed by atoms with Gasteiger partial charge < -0.3 is 15.0 Å². The van der Waals surface area contributed by atoms with Crippen LogP contribution in [-0.4, -0.2) is 47.4 Å². The van der Waals surface area contributed by atoms with Crippen molar-refractivity contribution in [1.29, 1.82) is 0 Å². The number of benzene rings is 1. The third-order valence-corrected chi connectivity index (χ3v) is 8.61. The number of amides is 2. The molecule has 1 heterocycles. The molecule has 1 fully saturated rings. The summed E-state index contributed by atoms with van der Waals surface area (Å²) in [5.41, 5.74) is -3.68. The zero-order valence-electron chi connectivity index (χ0n) is 22.7. The Morgan fingerprint density at radius 3 is 2.37 bits per heavy atom. The van der Waals surface area contributed by atoms with Gasteiger partial charge in [0.05, 0.1) is 12.7 Å². The minimum atomic E-state index is -5.18. The Bertz CT molecular complexity index is 1140. The normalized spacial score (nSPS) is 29.4. The van der Waals surface area contributed by atoms with E-state index in [0.29, 0.717) is 12.2 Å². The number of nitrogens with zero attached hydrogens (tertiary/aromatic N) is 1. The van der Waals surface area contributed by atoms with Gasteiger partial charge in [0.15, 0.2) is 5.78 Å². The van der Waals surface area contributed by atoms with Gasteiger partial charge in [-0.05, 0) is 54.2 Å². The number of carbonyl (C=O) groups excluding carboxylic acids is 3. The Balaban J connectivity index is 1.72. The van der Waals surface area contributed by atoms with Crippen molar-refractivity contribution in [3.8, 4) is 5.75 Å². The molecular weight excluding hydrogens is 497 g/mol. The van der Waals surface area contributed by atoms with Crippen molar-refractivity contribution in [3.63, 3.8) is 0 Å². The van der Waals surface area contributed by atoms with Crippen LogP contribution in [0.2, 0.25) is 0 Å². The molecule has 0 bridgehead atoms. The summed E-state index contributed by atoms with van der Waals surface area (Å²) in [7, 11) is 1.52. The number of rotatable bonds is 6. The van der Waals surface area contributed by atoms with Gasteiger partial charge in [0, 0.05) is 24.6 Å². The molecule has 1 saturated carbocycles. The number of ketones is 1. The molecule has 0 unspecified atom stereocenters. The molecule has 1 aromatic carbocycles. The van der Waals surface area contributed by atoms with Crippen LogP contribution in [0.15, 0.2) is 35.5 Å². The Kier molecular flexibility index (Phi) is 7.45. The molecule has 4 rings (SSSR count). The largest absolute Gasteiger partial charge is 0.497 e. The molecule has 0 aromatic heterocycles. The maximum Gasteiger partial charge on any atom is 0.425 e. The van der Waals surface area contributed by atoms with Gasteiger partial charge >= 0.3 is 6.18 Å². The quantitative estimate of drug-likeness (QED) is 0.534. The molecule has 208 valence electrons. The summed E-state index contributed by atoms with van der Waals surface area (Å²) in [6.45, 7) is 7.65. The van der Waals surface area contributed by atoms with E-state index in [1.54, 1.807) is 24.3 Å². The highest BCUT2D eigenvalue weighted by Gasteiger charge is 2.72. The van der Waals surface area contributed by atoms with Crippen molar-refractivity contribution in [2.24, 2.45) is 17.3 Å². The Morgan fingerprint density at radius 1 is 1.11 bits per heavy atom. The van der Waals surface area contributed by atoms with Gasteiger partial charge in [-0.1, -0.05) is 52.7 Å². The van der Waals surface area contributed by atoms with Crippen molar-refractivity contribution >= 4 is 17.6 Å². The van der Waals surface area contributed by atoms with Crippen molar-refractivity contribution in [3.05, 3.63) is 41.1 Å². The van der Waals surface area contributed by atoms with Crippen LogP contribution in [0.4, 0.5) is 13.2 Å². The molecule has 2 amide bonds.